The summed E-state index contributed by atoms with van der Waals surface area (Å²) in [5.74, 6) is -0.407. The molecule has 96 valence electrons. The monoisotopic (exact) mass is 279 g/mol. The van der Waals surface area contributed by atoms with Gasteiger partial charge < -0.3 is 4.74 Å². The summed E-state index contributed by atoms with van der Waals surface area (Å²) in [7, 11) is -6.62. The third kappa shape index (κ3) is 4.43. The van der Waals surface area contributed by atoms with Crippen LogP contribution < -0.4 is 4.13 Å². The highest BCUT2D eigenvalue weighted by molar-refractivity contribution is 8.04. The molecule has 0 spiro atoms. The van der Waals surface area contributed by atoms with Crippen molar-refractivity contribution in [1.82, 2.24) is 4.13 Å². The summed E-state index contributed by atoms with van der Waals surface area (Å²) >= 11 is 0. The SMILES string of the molecule is COCCS(=O)(=O)NS(=O)(=O)c1ccccc1. The molecule has 0 aromatic heterocycles. The molecule has 0 aliphatic carbocycles. The van der Waals surface area contributed by atoms with Gasteiger partial charge in [-0.05, 0) is 12.1 Å². The zero-order valence-electron chi connectivity index (χ0n) is 9.16. The van der Waals surface area contributed by atoms with E-state index in [0.29, 0.717) is 0 Å². The summed E-state index contributed by atoms with van der Waals surface area (Å²) in [4.78, 5) is -0.0963. The maximum Gasteiger partial charge on any atom is 0.253 e. The lowest BCUT2D eigenvalue weighted by Gasteiger charge is -2.07. The largest absolute Gasteiger partial charge is 0.384 e. The van der Waals surface area contributed by atoms with E-state index in [1.165, 1.54) is 31.4 Å². The van der Waals surface area contributed by atoms with Crippen LogP contribution in [0.3, 0.4) is 0 Å². The first-order valence-corrected chi connectivity index (χ1v) is 7.81. The van der Waals surface area contributed by atoms with Crippen LogP contribution in [0.1, 0.15) is 0 Å². The maximum atomic E-state index is 11.7. The topological polar surface area (TPSA) is 89.5 Å². The van der Waals surface area contributed by atoms with Crippen LogP contribution in [0.15, 0.2) is 35.2 Å². The maximum absolute atomic E-state index is 11.7. The van der Waals surface area contributed by atoms with Gasteiger partial charge in [0.25, 0.3) is 10.0 Å². The second-order valence-corrected chi connectivity index (χ2v) is 6.99. The molecule has 0 radical (unpaired) electrons. The van der Waals surface area contributed by atoms with Crippen LogP contribution in [-0.2, 0) is 24.8 Å². The number of hydrogen-bond acceptors (Lipinski definition) is 5. The van der Waals surface area contributed by atoms with Crippen LogP contribution in [0.2, 0.25) is 0 Å². The standard InChI is InChI=1S/C9H13NO5S2/c1-15-7-8-16(11,12)10-17(13,14)9-5-3-2-4-6-9/h2-6,10H,7-8H2,1H3. The van der Waals surface area contributed by atoms with Gasteiger partial charge in [0, 0.05) is 7.11 Å². The second-order valence-electron chi connectivity index (χ2n) is 3.21. The number of methoxy groups -OCH3 is 1. The Morgan fingerprint density at radius 2 is 1.71 bits per heavy atom. The minimum atomic E-state index is -4.04. The van der Waals surface area contributed by atoms with Crippen LogP contribution in [0.25, 0.3) is 0 Å². The van der Waals surface area contributed by atoms with Gasteiger partial charge in [-0.1, -0.05) is 18.2 Å². The van der Waals surface area contributed by atoms with Crippen LogP contribution >= 0.6 is 0 Å². The summed E-state index contributed by atoms with van der Waals surface area (Å²) in [5, 5.41) is 0. The van der Waals surface area contributed by atoms with Crippen molar-refractivity contribution < 1.29 is 21.6 Å². The second kappa shape index (κ2) is 5.58. The van der Waals surface area contributed by atoms with Crippen molar-refractivity contribution in [3.8, 4) is 0 Å². The molecule has 0 aliphatic heterocycles. The third-order valence-corrected chi connectivity index (χ3v) is 5.34. The Labute approximate surface area is 101 Å². The van der Waals surface area contributed by atoms with Crippen molar-refractivity contribution in [3.63, 3.8) is 0 Å². The minimum absolute atomic E-state index is 0.0698. The predicted molar refractivity (Wildman–Crippen MR) is 62.4 cm³/mol. The highest BCUT2D eigenvalue weighted by atomic mass is 32.3. The number of nitrogens with one attached hydrogen (secondary N) is 1. The molecule has 8 heteroatoms. The highest BCUT2D eigenvalue weighted by Gasteiger charge is 2.21. The molecule has 0 saturated heterocycles. The van der Waals surface area contributed by atoms with Gasteiger partial charge >= 0.3 is 0 Å². The molecule has 17 heavy (non-hydrogen) atoms. The Balaban J connectivity index is 2.88. The molecule has 0 atom stereocenters. The van der Waals surface area contributed by atoms with Crippen molar-refractivity contribution in [1.29, 1.82) is 0 Å². The van der Waals surface area contributed by atoms with E-state index in [0.717, 1.165) is 0 Å². The lowest BCUT2D eigenvalue weighted by molar-refractivity contribution is 0.217. The predicted octanol–water partition coefficient (Wildman–Crippen LogP) is -0.0589. The van der Waals surface area contributed by atoms with Gasteiger partial charge in [-0.2, -0.15) is 0 Å². The van der Waals surface area contributed by atoms with E-state index >= 15 is 0 Å². The Morgan fingerprint density at radius 1 is 1.12 bits per heavy atom. The Bertz CT molecular complexity index is 550. The Morgan fingerprint density at radius 3 is 2.24 bits per heavy atom. The molecular formula is C9H13NO5S2. The van der Waals surface area contributed by atoms with E-state index in [1.807, 2.05) is 0 Å². The van der Waals surface area contributed by atoms with Crippen molar-refractivity contribution in [3.05, 3.63) is 30.3 Å². The molecule has 0 saturated carbocycles. The molecule has 0 bridgehead atoms. The molecular weight excluding hydrogens is 266 g/mol. The third-order valence-electron chi connectivity index (χ3n) is 1.85. The van der Waals surface area contributed by atoms with Crippen LogP contribution in [0.5, 0.6) is 0 Å². The summed E-state index contributed by atoms with van der Waals surface area (Å²) in [6.45, 7) is -0.0698. The van der Waals surface area contributed by atoms with Gasteiger partial charge in [-0.15, -0.1) is 4.13 Å². The molecule has 1 rings (SSSR count). The average molecular weight is 279 g/mol. The first-order chi connectivity index (χ1) is 7.87. The molecule has 6 nitrogen and oxygen atoms in total. The van der Waals surface area contributed by atoms with E-state index in [-0.39, 0.29) is 11.5 Å². The fraction of sp³-hybridized carbons (Fsp3) is 0.333. The molecule has 0 aliphatic rings. The number of hydrogen-bond donors (Lipinski definition) is 1. The van der Waals surface area contributed by atoms with Gasteiger partial charge in [-0.3, -0.25) is 0 Å². The lowest BCUT2D eigenvalue weighted by atomic mass is 10.4. The van der Waals surface area contributed by atoms with Crippen LogP contribution in [-0.4, -0.2) is 36.3 Å². The molecule has 0 fully saturated rings. The lowest BCUT2D eigenvalue weighted by Crippen LogP contribution is -2.33. The van der Waals surface area contributed by atoms with E-state index in [1.54, 1.807) is 10.2 Å². The normalized spacial score (nSPS) is 12.5. The quantitative estimate of drug-likeness (QED) is 0.788. The minimum Gasteiger partial charge on any atom is -0.384 e. The van der Waals surface area contributed by atoms with Crippen molar-refractivity contribution >= 4 is 20.0 Å². The van der Waals surface area contributed by atoms with Gasteiger partial charge in [-0.25, -0.2) is 16.8 Å². The van der Waals surface area contributed by atoms with Crippen molar-refractivity contribution in [2.24, 2.45) is 0 Å². The van der Waals surface area contributed by atoms with Crippen molar-refractivity contribution in [2.75, 3.05) is 19.5 Å². The molecule has 0 unspecified atom stereocenters. The number of ether oxygens (including phenoxy) is 1. The Kier molecular flexibility index (Phi) is 4.63. The molecule has 0 heterocycles. The number of rotatable bonds is 6. The summed E-state index contributed by atoms with van der Waals surface area (Å²) in [6.07, 6.45) is 0. The fourth-order valence-electron chi connectivity index (χ4n) is 1.05. The van der Waals surface area contributed by atoms with E-state index in [2.05, 4.69) is 4.74 Å². The Hall–Kier alpha value is -0.960. The molecule has 1 aromatic rings. The fourth-order valence-corrected chi connectivity index (χ4v) is 4.01. The average Bonchev–Trinajstić information content (AvgIpc) is 2.26. The van der Waals surface area contributed by atoms with Gasteiger partial charge in [0.1, 0.15) is 0 Å². The molecule has 1 N–H and O–H groups in total. The molecule has 0 amide bonds. The van der Waals surface area contributed by atoms with Gasteiger partial charge in [0.05, 0.1) is 17.3 Å². The zero-order valence-corrected chi connectivity index (χ0v) is 10.8. The van der Waals surface area contributed by atoms with Crippen LogP contribution in [0, 0.1) is 0 Å². The molecule has 1 aromatic carbocycles. The van der Waals surface area contributed by atoms with Crippen molar-refractivity contribution in [2.45, 2.75) is 4.90 Å². The number of benzene rings is 1. The van der Waals surface area contributed by atoms with Crippen LogP contribution in [0.4, 0.5) is 0 Å². The smallest absolute Gasteiger partial charge is 0.253 e. The van der Waals surface area contributed by atoms with E-state index in [4.69, 9.17) is 0 Å². The summed E-state index contributed by atoms with van der Waals surface area (Å²) in [5.41, 5.74) is 0. The van der Waals surface area contributed by atoms with Gasteiger partial charge in [0.15, 0.2) is 0 Å². The highest BCUT2D eigenvalue weighted by Crippen LogP contribution is 2.08. The first kappa shape index (κ1) is 14.1. The van der Waals surface area contributed by atoms with Gasteiger partial charge in [0.2, 0.25) is 10.0 Å². The number of sulfonamides is 2. The zero-order chi connectivity index (χ0) is 12.9. The first-order valence-electron chi connectivity index (χ1n) is 4.68. The van der Waals surface area contributed by atoms with E-state index < -0.39 is 25.8 Å². The summed E-state index contributed by atoms with van der Waals surface area (Å²) in [6, 6.07) is 7.29. The summed E-state index contributed by atoms with van der Waals surface area (Å²) < 4.78 is 52.4. The van der Waals surface area contributed by atoms with E-state index in [9.17, 15) is 16.8 Å².